The zero-order chi connectivity index (χ0) is 23.0. The molecule has 7 nitrogen and oxygen atoms in total. The van der Waals surface area contributed by atoms with Crippen molar-refractivity contribution < 1.29 is 19.1 Å². The Labute approximate surface area is 183 Å². The molecule has 2 aromatic rings. The van der Waals surface area contributed by atoms with Crippen molar-refractivity contribution in [2.45, 2.75) is 84.6 Å². The van der Waals surface area contributed by atoms with Crippen LogP contribution in [0.25, 0.3) is 11.3 Å². The summed E-state index contributed by atoms with van der Waals surface area (Å²) in [5.74, 6) is -0.407. The third-order valence-electron chi connectivity index (χ3n) is 4.94. The first-order chi connectivity index (χ1) is 14.4. The molecule has 0 radical (unpaired) electrons. The zero-order valence-corrected chi connectivity index (χ0v) is 19.3. The van der Waals surface area contributed by atoms with Gasteiger partial charge in [-0.3, -0.25) is 4.79 Å². The number of hydrogen-bond acceptors (Lipinski definition) is 6. The van der Waals surface area contributed by atoms with Gasteiger partial charge in [-0.05, 0) is 66.5 Å². The fourth-order valence-electron chi connectivity index (χ4n) is 3.77. The van der Waals surface area contributed by atoms with E-state index in [9.17, 15) is 9.59 Å². The lowest BCUT2D eigenvalue weighted by atomic mass is 9.98. The maximum Gasteiger partial charge on any atom is 0.338 e. The Morgan fingerprint density at radius 2 is 1.81 bits per heavy atom. The van der Waals surface area contributed by atoms with Crippen molar-refractivity contribution in [3.63, 3.8) is 0 Å². The second kappa shape index (κ2) is 8.46. The number of imidazole rings is 1. The summed E-state index contributed by atoms with van der Waals surface area (Å²) in [6.45, 7) is 12.1. The van der Waals surface area contributed by atoms with E-state index in [4.69, 9.17) is 20.2 Å². The third-order valence-corrected chi connectivity index (χ3v) is 4.94. The highest BCUT2D eigenvalue weighted by molar-refractivity contribution is 5.91. The van der Waals surface area contributed by atoms with Crippen LogP contribution in [-0.4, -0.2) is 32.7 Å². The highest BCUT2D eigenvalue weighted by Gasteiger charge is 2.34. The number of fused-ring (bicyclic) bond motifs is 1. The van der Waals surface area contributed by atoms with Gasteiger partial charge in [-0.25, -0.2) is 9.78 Å². The van der Waals surface area contributed by atoms with Crippen LogP contribution in [0.2, 0.25) is 0 Å². The van der Waals surface area contributed by atoms with Gasteiger partial charge in [0, 0.05) is 18.7 Å². The summed E-state index contributed by atoms with van der Waals surface area (Å²) in [7, 11) is 0. The van der Waals surface area contributed by atoms with Crippen LogP contribution < -0.4 is 5.73 Å². The summed E-state index contributed by atoms with van der Waals surface area (Å²) in [6, 6.07) is 7.19. The van der Waals surface area contributed by atoms with E-state index in [1.807, 2.05) is 52.2 Å². The minimum atomic E-state index is -0.580. The molecular weight excluding hydrogens is 394 g/mol. The molecular formula is C24H33N3O4. The van der Waals surface area contributed by atoms with Crippen molar-refractivity contribution in [3.05, 3.63) is 41.3 Å². The van der Waals surface area contributed by atoms with Gasteiger partial charge in [0.25, 0.3) is 0 Å². The lowest BCUT2D eigenvalue weighted by Crippen LogP contribution is -2.31. The molecule has 7 heteroatoms. The lowest BCUT2D eigenvalue weighted by molar-refractivity contribution is -0.157. The maximum atomic E-state index is 12.8. The Morgan fingerprint density at radius 3 is 2.42 bits per heavy atom. The molecule has 168 valence electrons. The minimum Gasteiger partial charge on any atom is -0.459 e. The fraction of sp³-hybridized carbons (Fsp3) is 0.542. The van der Waals surface area contributed by atoms with Crippen molar-refractivity contribution in [1.29, 1.82) is 0 Å². The average molecular weight is 428 g/mol. The second-order valence-corrected chi connectivity index (χ2v) is 9.93. The lowest BCUT2D eigenvalue weighted by Gasteiger charge is -2.27. The quantitative estimate of drug-likeness (QED) is 0.735. The molecule has 0 amide bonds. The smallest absolute Gasteiger partial charge is 0.338 e. The fourth-order valence-corrected chi connectivity index (χ4v) is 3.77. The predicted molar refractivity (Wildman–Crippen MR) is 119 cm³/mol. The Morgan fingerprint density at radius 1 is 1.13 bits per heavy atom. The number of benzene rings is 1. The molecule has 0 aliphatic carbocycles. The Balaban J connectivity index is 2.00. The number of nitrogens with zero attached hydrogens (tertiary/aromatic N) is 2. The summed E-state index contributed by atoms with van der Waals surface area (Å²) in [5.41, 5.74) is 7.72. The van der Waals surface area contributed by atoms with E-state index >= 15 is 0 Å². The summed E-state index contributed by atoms with van der Waals surface area (Å²) in [6.07, 6.45) is 1.53. The van der Waals surface area contributed by atoms with Gasteiger partial charge < -0.3 is 19.8 Å². The first-order valence-corrected chi connectivity index (χ1v) is 10.8. The molecule has 0 fully saturated rings. The predicted octanol–water partition coefficient (Wildman–Crippen LogP) is 4.18. The number of ether oxygens (including phenoxy) is 2. The van der Waals surface area contributed by atoms with E-state index in [1.54, 1.807) is 18.2 Å². The van der Waals surface area contributed by atoms with Crippen LogP contribution >= 0.6 is 0 Å². The molecule has 0 saturated heterocycles. The van der Waals surface area contributed by atoms with Gasteiger partial charge in [0.05, 0.1) is 17.0 Å². The molecule has 2 N–H and O–H groups in total. The molecule has 31 heavy (non-hydrogen) atoms. The standard InChI is InChI=1S/C24H33N3O4/c1-23(2,3)30-21(28)16-10-7-9-15(13-16)19-18(14-25)27-12-8-11-17(20(27)26-19)22(29)31-24(4,5)6/h7,9-10,13,17H,8,11-12,14,25H2,1-6H3. The average Bonchev–Trinajstić information content (AvgIpc) is 3.04. The van der Waals surface area contributed by atoms with Crippen LogP contribution in [0.3, 0.4) is 0 Å². The third kappa shape index (κ3) is 5.34. The number of rotatable bonds is 4. The normalized spacial score (nSPS) is 16.5. The first kappa shape index (κ1) is 23.0. The van der Waals surface area contributed by atoms with Crippen LogP contribution in [0.5, 0.6) is 0 Å². The van der Waals surface area contributed by atoms with Crippen LogP contribution in [0.4, 0.5) is 0 Å². The molecule has 1 aromatic carbocycles. The van der Waals surface area contributed by atoms with E-state index in [2.05, 4.69) is 0 Å². The molecule has 0 spiro atoms. The number of aromatic nitrogens is 2. The maximum absolute atomic E-state index is 12.8. The van der Waals surface area contributed by atoms with Gasteiger partial charge in [0.1, 0.15) is 22.9 Å². The Hall–Kier alpha value is -2.67. The van der Waals surface area contributed by atoms with Gasteiger partial charge in [0.15, 0.2) is 0 Å². The number of nitrogens with two attached hydrogens (primary N) is 1. The molecule has 0 bridgehead atoms. The number of esters is 2. The topological polar surface area (TPSA) is 96.4 Å². The summed E-state index contributed by atoms with van der Waals surface area (Å²) >= 11 is 0. The minimum absolute atomic E-state index is 0.268. The molecule has 1 aliphatic heterocycles. The number of carbonyl (C=O) groups is 2. The molecule has 1 aromatic heterocycles. The van der Waals surface area contributed by atoms with E-state index in [-0.39, 0.29) is 18.5 Å². The van der Waals surface area contributed by atoms with Gasteiger partial charge in [-0.15, -0.1) is 0 Å². The van der Waals surface area contributed by atoms with E-state index in [0.717, 1.165) is 24.2 Å². The zero-order valence-electron chi connectivity index (χ0n) is 19.3. The Kier molecular flexibility index (Phi) is 6.28. The van der Waals surface area contributed by atoms with Crippen molar-refractivity contribution in [3.8, 4) is 11.3 Å². The van der Waals surface area contributed by atoms with Crippen LogP contribution in [-0.2, 0) is 27.4 Å². The van der Waals surface area contributed by atoms with Crippen LogP contribution in [0, 0.1) is 0 Å². The van der Waals surface area contributed by atoms with Gasteiger partial charge in [-0.2, -0.15) is 0 Å². The van der Waals surface area contributed by atoms with Crippen LogP contribution in [0.1, 0.15) is 82.2 Å². The number of carbonyl (C=O) groups excluding carboxylic acids is 2. The monoisotopic (exact) mass is 427 g/mol. The van der Waals surface area contributed by atoms with Gasteiger partial charge in [0.2, 0.25) is 0 Å². The van der Waals surface area contributed by atoms with Gasteiger partial charge >= 0.3 is 11.9 Å². The number of hydrogen-bond donors (Lipinski definition) is 1. The van der Waals surface area contributed by atoms with Crippen molar-refractivity contribution in [2.24, 2.45) is 5.73 Å². The largest absolute Gasteiger partial charge is 0.459 e. The van der Waals surface area contributed by atoms with E-state index in [0.29, 0.717) is 23.5 Å². The molecule has 1 unspecified atom stereocenters. The van der Waals surface area contributed by atoms with E-state index < -0.39 is 17.1 Å². The van der Waals surface area contributed by atoms with Crippen molar-refractivity contribution in [2.75, 3.05) is 0 Å². The second-order valence-electron chi connectivity index (χ2n) is 9.93. The molecule has 1 atom stereocenters. The highest BCUT2D eigenvalue weighted by atomic mass is 16.6. The van der Waals surface area contributed by atoms with Crippen LogP contribution in [0.15, 0.2) is 24.3 Å². The summed E-state index contributed by atoms with van der Waals surface area (Å²) in [5, 5.41) is 0. The highest BCUT2D eigenvalue weighted by Crippen LogP contribution is 2.35. The molecule has 2 heterocycles. The molecule has 3 rings (SSSR count). The van der Waals surface area contributed by atoms with Crippen molar-refractivity contribution >= 4 is 11.9 Å². The SMILES string of the molecule is CC(C)(C)OC(=O)c1cccc(-c2nc3n(c2CN)CCCC3C(=O)OC(C)(C)C)c1. The van der Waals surface area contributed by atoms with Crippen molar-refractivity contribution in [1.82, 2.24) is 9.55 Å². The Bertz CT molecular complexity index is 980. The van der Waals surface area contributed by atoms with Gasteiger partial charge in [-0.1, -0.05) is 12.1 Å². The summed E-state index contributed by atoms with van der Waals surface area (Å²) < 4.78 is 13.2. The van der Waals surface area contributed by atoms with E-state index in [1.165, 1.54) is 0 Å². The molecule has 0 saturated carbocycles. The first-order valence-electron chi connectivity index (χ1n) is 10.8. The molecule has 1 aliphatic rings. The summed E-state index contributed by atoms with van der Waals surface area (Å²) in [4.78, 5) is 30.2.